The van der Waals surface area contributed by atoms with E-state index in [0.29, 0.717) is 11.8 Å². The lowest BCUT2D eigenvalue weighted by Crippen LogP contribution is -2.16. The summed E-state index contributed by atoms with van der Waals surface area (Å²) in [7, 11) is 0. The number of hydrogen-bond donors (Lipinski definition) is 2. The molecule has 0 aliphatic heterocycles. The number of carbonyl (C=O) groups excluding carboxylic acids is 1. The van der Waals surface area contributed by atoms with Crippen molar-refractivity contribution in [2.45, 2.75) is 6.42 Å². The molecule has 3 N–H and O–H groups in total. The van der Waals surface area contributed by atoms with E-state index in [9.17, 15) is 13.6 Å². The maximum Gasteiger partial charge on any atom is 0.228 e. The average Bonchev–Trinajstić information content (AvgIpc) is 2.36. The molecule has 0 bridgehead atoms. The maximum absolute atomic E-state index is 13.5. The van der Waals surface area contributed by atoms with Crippen molar-refractivity contribution in [1.29, 1.82) is 0 Å². The number of halogens is 3. The first kappa shape index (κ1) is 14.3. The van der Waals surface area contributed by atoms with E-state index >= 15 is 0 Å². The van der Waals surface area contributed by atoms with Gasteiger partial charge in [-0.2, -0.15) is 0 Å². The average molecular weight is 297 g/mol. The van der Waals surface area contributed by atoms with E-state index in [4.69, 9.17) is 17.3 Å². The van der Waals surface area contributed by atoms with Crippen molar-refractivity contribution in [1.82, 2.24) is 0 Å². The van der Waals surface area contributed by atoms with Crippen LogP contribution in [-0.4, -0.2) is 5.91 Å². The lowest BCUT2D eigenvalue weighted by Gasteiger charge is -2.09. The predicted octanol–water partition coefficient (Wildman–Crippen LogP) is 3.38. The molecular formula is C14H11ClF2N2O. The summed E-state index contributed by atoms with van der Waals surface area (Å²) in [6.45, 7) is 0. The number of hydrogen-bond acceptors (Lipinski definition) is 2. The van der Waals surface area contributed by atoms with E-state index in [1.165, 1.54) is 0 Å². The van der Waals surface area contributed by atoms with Crippen molar-refractivity contribution >= 4 is 28.9 Å². The van der Waals surface area contributed by atoms with E-state index in [2.05, 4.69) is 5.32 Å². The number of nitrogen functional groups attached to an aromatic ring is 1. The molecule has 2 aromatic carbocycles. The molecule has 2 rings (SSSR count). The van der Waals surface area contributed by atoms with Gasteiger partial charge in [0.15, 0.2) is 5.82 Å². The Labute approximate surface area is 119 Å². The largest absolute Gasteiger partial charge is 0.399 e. The number of nitrogens with one attached hydrogen (secondary N) is 1. The fraction of sp³-hybridized carbons (Fsp3) is 0.0714. The molecule has 0 saturated heterocycles. The van der Waals surface area contributed by atoms with Crippen LogP contribution >= 0.6 is 11.6 Å². The zero-order valence-corrected chi connectivity index (χ0v) is 11.0. The Kier molecular flexibility index (Phi) is 4.20. The van der Waals surface area contributed by atoms with Crippen molar-refractivity contribution in [2.24, 2.45) is 0 Å². The first-order valence-electron chi connectivity index (χ1n) is 5.74. The topological polar surface area (TPSA) is 55.1 Å². The van der Waals surface area contributed by atoms with E-state index in [1.54, 1.807) is 24.3 Å². The standard InChI is InChI=1S/C14H11ClF2N2O/c15-11-6-9(16)7-12(17)14(11)19-13(20)5-8-1-3-10(18)4-2-8/h1-4,6-7H,5,18H2,(H,19,20). The third kappa shape index (κ3) is 3.45. The van der Waals surface area contributed by atoms with Crippen molar-refractivity contribution in [3.8, 4) is 0 Å². The maximum atomic E-state index is 13.5. The molecule has 0 unspecified atom stereocenters. The highest BCUT2D eigenvalue weighted by molar-refractivity contribution is 6.33. The minimum absolute atomic E-state index is 0.0351. The van der Waals surface area contributed by atoms with Gasteiger partial charge in [0.25, 0.3) is 0 Å². The molecule has 0 aromatic heterocycles. The molecular weight excluding hydrogens is 286 g/mol. The van der Waals surface area contributed by atoms with Gasteiger partial charge in [-0.3, -0.25) is 4.79 Å². The SMILES string of the molecule is Nc1ccc(CC(=O)Nc2c(F)cc(F)cc2Cl)cc1. The number of anilines is 2. The van der Waals surface area contributed by atoms with Gasteiger partial charge in [0, 0.05) is 11.8 Å². The second-order valence-corrected chi connectivity index (χ2v) is 4.62. The third-order valence-corrected chi connectivity index (χ3v) is 2.91. The van der Waals surface area contributed by atoms with Gasteiger partial charge in [-0.15, -0.1) is 0 Å². The van der Waals surface area contributed by atoms with Gasteiger partial charge in [0.1, 0.15) is 5.82 Å². The highest BCUT2D eigenvalue weighted by atomic mass is 35.5. The summed E-state index contributed by atoms with van der Waals surface area (Å²) in [5, 5.41) is 2.14. The summed E-state index contributed by atoms with van der Waals surface area (Å²) in [5.74, 6) is -2.17. The molecule has 20 heavy (non-hydrogen) atoms. The van der Waals surface area contributed by atoms with Crippen LogP contribution in [0.1, 0.15) is 5.56 Å². The van der Waals surface area contributed by atoms with Crippen LogP contribution < -0.4 is 11.1 Å². The molecule has 104 valence electrons. The zero-order chi connectivity index (χ0) is 14.7. The van der Waals surface area contributed by atoms with Gasteiger partial charge in [0.05, 0.1) is 17.1 Å². The molecule has 0 spiro atoms. The first-order chi connectivity index (χ1) is 9.45. The Morgan fingerprint density at radius 3 is 2.45 bits per heavy atom. The Hall–Kier alpha value is -2.14. The Bertz CT molecular complexity index is 621. The zero-order valence-electron chi connectivity index (χ0n) is 10.3. The Morgan fingerprint density at radius 2 is 1.85 bits per heavy atom. The molecule has 0 fully saturated rings. The fourth-order valence-electron chi connectivity index (χ4n) is 1.67. The lowest BCUT2D eigenvalue weighted by atomic mass is 10.1. The van der Waals surface area contributed by atoms with Crippen molar-refractivity contribution in [2.75, 3.05) is 11.1 Å². The monoisotopic (exact) mass is 296 g/mol. The number of nitrogens with two attached hydrogens (primary N) is 1. The highest BCUT2D eigenvalue weighted by Gasteiger charge is 2.13. The number of amides is 1. The summed E-state index contributed by atoms with van der Waals surface area (Å²) < 4.78 is 26.4. The molecule has 1 amide bonds. The number of carbonyl (C=O) groups is 1. The lowest BCUT2D eigenvalue weighted by molar-refractivity contribution is -0.115. The Balaban J connectivity index is 2.10. The fourth-order valence-corrected chi connectivity index (χ4v) is 1.91. The molecule has 3 nitrogen and oxygen atoms in total. The smallest absolute Gasteiger partial charge is 0.228 e. The number of benzene rings is 2. The van der Waals surface area contributed by atoms with E-state index in [0.717, 1.165) is 11.6 Å². The highest BCUT2D eigenvalue weighted by Crippen LogP contribution is 2.26. The minimum Gasteiger partial charge on any atom is -0.399 e. The summed E-state index contributed by atoms with van der Waals surface area (Å²) >= 11 is 5.69. The summed E-state index contributed by atoms with van der Waals surface area (Å²) in [4.78, 5) is 11.8. The van der Waals surface area contributed by atoms with E-state index in [-0.39, 0.29) is 17.1 Å². The molecule has 0 atom stereocenters. The van der Waals surface area contributed by atoms with Crippen LogP contribution in [0.3, 0.4) is 0 Å². The molecule has 0 aliphatic carbocycles. The molecule has 6 heteroatoms. The summed E-state index contributed by atoms with van der Waals surface area (Å²) in [6, 6.07) is 8.30. The molecule has 0 heterocycles. The number of rotatable bonds is 3. The Morgan fingerprint density at radius 1 is 1.20 bits per heavy atom. The van der Waals surface area contributed by atoms with Crippen LogP contribution in [0.2, 0.25) is 5.02 Å². The van der Waals surface area contributed by atoms with Gasteiger partial charge in [0.2, 0.25) is 5.91 Å². The van der Waals surface area contributed by atoms with Gasteiger partial charge >= 0.3 is 0 Å². The van der Waals surface area contributed by atoms with Crippen LogP contribution in [0.4, 0.5) is 20.2 Å². The van der Waals surface area contributed by atoms with Gasteiger partial charge in [-0.05, 0) is 23.8 Å². The molecule has 0 saturated carbocycles. The van der Waals surface area contributed by atoms with E-state index < -0.39 is 17.5 Å². The van der Waals surface area contributed by atoms with Crippen molar-refractivity contribution in [3.05, 3.63) is 58.6 Å². The van der Waals surface area contributed by atoms with Crippen LogP contribution in [0, 0.1) is 11.6 Å². The van der Waals surface area contributed by atoms with Crippen LogP contribution in [0.25, 0.3) is 0 Å². The van der Waals surface area contributed by atoms with E-state index in [1.807, 2.05) is 0 Å². The normalized spacial score (nSPS) is 10.3. The van der Waals surface area contributed by atoms with Gasteiger partial charge in [-0.1, -0.05) is 23.7 Å². The summed E-state index contributed by atoms with van der Waals surface area (Å²) in [6.07, 6.45) is 0.0351. The van der Waals surface area contributed by atoms with Gasteiger partial charge in [-0.25, -0.2) is 8.78 Å². The van der Waals surface area contributed by atoms with Crippen LogP contribution in [0.15, 0.2) is 36.4 Å². The van der Waals surface area contributed by atoms with Crippen molar-refractivity contribution in [3.63, 3.8) is 0 Å². The quantitative estimate of drug-likeness (QED) is 0.853. The second kappa shape index (κ2) is 5.88. The van der Waals surface area contributed by atoms with Crippen LogP contribution in [0.5, 0.6) is 0 Å². The van der Waals surface area contributed by atoms with Crippen LogP contribution in [-0.2, 0) is 11.2 Å². The molecule has 0 aliphatic rings. The van der Waals surface area contributed by atoms with Gasteiger partial charge < -0.3 is 11.1 Å². The first-order valence-corrected chi connectivity index (χ1v) is 6.12. The second-order valence-electron chi connectivity index (χ2n) is 4.21. The van der Waals surface area contributed by atoms with Crippen molar-refractivity contribution < 1.29 is 13.6 Å². The predicted molar refractivity (Wildman–Crippen MR) is 74.6 cm³/mol. The third-order valence-electron chi connectivity index (χ3n) is 2.62. The summed E-state index contributed by atoms with van der Waals surface area (Å²) in [5.41, 5.74) is 6.61. The molecule has 0 radical (unpaired) electrons. The minimum atomic E-state index is -0.916. The molecule has 2 aromatic rings.